The third-order valence-electron chi connectivity index (χ3n) is 4.42. The standard InChI is InChI=1S/C19H35N5O3.HI/c1-9-19(10-2,24-17(25)27-18(5,6)7)12-22-16(20-8)21-11-15-23-13(3)14(4)26-15;/h9-12H2,1-8H3,(H,24,25)(H2,20,21,22);1H. The van der Waals surface area contributed by atoms with Gasteiger partial charge < -0.3 is 25.1 Å². The lowest BCUT2D eigenvalue weighted by molar-refractivity contribution is 0.0448. The first kappa shape index (κ1) is 26.5. The Morgan fingerprint density at radius 1 is 1.18 bits per heavy atom. The van der Waals surface area contributed by atoms with Gasteiger partial charge in [-0.2, -0.15) is 0 Å². The van der Waals surface area contributed by atoms with Gasteiger partial charge in [0.15, 0.2) is 5.96 Å². The lowest BCUT2D eigenvalue weighted by Gasteiger charge is -2.34. The van der Waals surface area contributed by atoms with E-state index in [2.05, 4.69) is 25.9 Å². The van der Waals surface area contributed by atoms with E-state index < -0.39 is 17.2 Å². The molecule has 0 aliphatic heterocycles. The molecule has 0 bridgehead atoms. The van der Waals surface area contributed by atoms with Crippen molar-refractivity contribution in [2.45, 2.75) is 79.0 Å². The number of aromatic nitrogens is 1. The maximum absolute atomic E-state index is 12.2. The van der Waals surface area contributed by atoms with Gasteiger partial charge in [0, 0.05) is 13.6 Å². The zero-order valence-corrected chi connectivity index (χ0v) is 20.7. The van der Waals surface area contributed by atoms with Crippen molar-refractivity contribution in [2.75, 3.05) is 13.6 Å². The molecule has 0 unspecified atom stereocenters. The van der Waals surface area contributed by atoms with Crippen molar-refractivity contribution < 1.29 is 13.9 Å². The minimum atomic E-state index is -0.533. The number of aryl methyl sites for hydroxylation is 2. The fraction of sp³-hybridized carbons (Fsp3) is 0.737. The third kappa shape index (κ3) is 8.66. The highest BCUT2D eigenvalue weighted by Gasteiger charge is 2.30. The van der Waals surface area contributed by atoms with Crippen LogP contribution in [0.5, 0.6) is 0 Å². The number of hydrogen-bond acceptors (Lipinski definition) is 5. The van der Waals surface area contributed by atoms with Crippen molar-refractivity contribution in [1.82, 2.24) is 20.9 Å². The lowest BCUT2D eigenvalue weighted by atomic mass is 9.93. The molecular formula is C19H36IN5O3. The Morgan fingerprint density at radius 3 is 2.21 bits per heavy atom. The van der Waals surface area contributed by atoms with E-state index in [1.165, 1.54) is 0 Å². The smallest absolute Gasteiger partial charge is 0.408 e. The van der Waals surface area contributed by atoms with E-state index >= 15 is 0 Å². The van der Waals surface area contributed by atoms with Gasteiger partial charge in [-0.1, -0.05) is 13.8 Å². The molecule has 8 nitrogen and oxygen atoms in total. The van der Waals surface area contributed by atoms with Crippen LogP contribution in [-0.4, -0.2) is 41.8 Å². The lowest BCUT2D eigenvalue weighted by Crippen LogP contribution is -2.57. The fourth-order valence-electron chi connectivity index (χ4n) is 2.49. The Labute approximate surface area is 185 Å². The van der Waals surface area contributed by atoms with Crippen LogP contribution in [0.3, 0.4) is 0 Å². The summed E-state index contributed by atoms with van der Waals surface area (Å²) in [4.78, 5) is 20.8. The second kappa shape index (κ2) is 11.5. The van der Waals surface area contributed by atoms with Crippen molar-refractivity contribution in [3.05, 3.63) is 17.3 Å². The second-order valence-corrected chi connectivity index (χ2v) is 7.64. The molecule has 1 aromatic rings. The van der Waals surface area contributed by atoms with Gasteiger partial charge in [-0.15, -0.1) is 24.0 Å². The minimum Gasteiger partial charge on any atom is -0.444 e. The summed E-state index contributed by atoms with van der Waals surface area (Å²) in [6.07, 6.45) is 1.09. The van der Waals surface area contributed by atoms with Gasteiger partial charge >= 0.3 is 6.09 Å². The molecule has 1 amide bonds. The number of nitrogens with one attached hydrogen (secondary N) is 3. The zero-order chi connectivity index (χ0) is 20.7. The summed E-state index contributed by atoms with van der Waals surface area (Å²) in [5, 5.41) is 9.46. The number of alkyl carbamates (subject to hydrolysis) is 1. The van der Waals surface area contributed by atoms with Gasteiger partial charge in [0.25, 0.3) is 0 Å². The summed E-state index contributed by atoms with van der Waals surface area (Å²) >= 11 is 0. The van der Waals surface area contributed by atoms with Crippen LogP contribution in [0.15, 0.2) is 9.41 Å². The van der Waals surface area contributed by atoms with Crippen molar-refractivity contribution in [3.63, 3.8) is 0 Å². The largest absolute Gasteiger partial charge is 0.444 e. The first-order valence-electron chi connectivity index (χ1n) is 9.42. The van der Waals surface area contributed by atoms with Gasteiger partial charge in [-0.3, -0.25) is 4.99 Å². The molecule has 3 N–H and O–H groups in total. The number of halogens is 1. The first-order valence-corrected chi connectivity index (χ1v) is 9.42. The molecule has 0 aliphatic rings. The number of nitrogens with zero attached hydrogens (tertiary/aromatic N) is 2. The summed E-state index contributed by atoms with van der Waals surface area (Å²) < 4.78 is 11.0. The van der Waals surface area contributed by atoms with E-state index in [4.69, 9.17) is 9.15 Å². The molecule has 0 spiro atoms. The number of aliphatic imine (C=N–C) groups is 1. The maximum Gasteiger partial charge on any atom is 0.408 e. The van der Waals surface area contributed by atoms with Crippen LogP contribution in [0, 0.1) is 13.8 Å². The van der Waals surface area contributed by atoms with Crippen LogP contribution < -0.4 is 16.0 Å². The predicted molar refractivity (Wildman–Crippen MR) is 122 cm³/mol. The van der Waals surface area contributed by atoms with E-state index in [0.29, 0.717) is 24.9 Å². The molecule has 1 aromatic heterocycles. The minimum absolute atomic E-state index is 0. The highest BCUT2D eigenvalue weighted by Crippen LogP contribution is 2.16. The molecule has 28 heavy (non-hydrogen) atoms. The van der Waals surface area contributed by atoms with Crippen LogP contribution in [0.25, 0.3) is 0 Å². The predicted octanol–water partition coefficient (Wildman–Crippen LogP) is 3.66. The summed E-state index contributed by atoms with van der Waals surface area (Å²) in [6, 6.07) is 0. The van der Waals surface area contributed by atoms with Crippen LogP contribution in [0.4, 0.5) is 4.79 Å². The van der Waals surface area contributed by atoms with Crippen molar-refractivity contribution in [2.24, 2.45) is 4.99 Å². The van der Waals surface area contributed by atoms with Crippen LogP contribution >= 0.6 is 24.0 Å². The molecule has 9 heteroatoms. The Bertz CT molecular complexity index is 629. The number of amides is 1. The number of carbonyl (C=O) groups is 1. The molecule has 162 valence electrons. The number of carbonyl (C=O) groups excluding carboxylic acids is 1. The van der Waals surface area contributed by atoms with Crippen molar-refractivity contribution in [3.8, 4) is 0 Å². The van der Waals surface area contributed by atoms with Gasteiger partial charge in [0.2, 0.25) is 5.89 Å². The van der Waals surface area contributed by atoms with Gasteiger partial charge in [0.05, 0.1) is 17.8 Å². The fourth-order valence-corrected chi connectivity index (χ4v) is 2.49. The van der Waals surface area contributed by atoms with E-state index in [-0.39, 0.29) is 24.0 Å². The number of rotatable bonds is 7. The topological polar surface area (TPSA) is 101 Å². The highest BCUT2D eigenvalue weighted by atomic mass is 127. The number of oxazole rings is 1. The third-order valence-corrected chi connectivity index (χ3v) is 4.42. The monoisotopic (exact) mass is 509 g/mol. The first-order chi connectivity index (χ1) is 12.5. The molecule has 0 radical (unpaired) electrons. The Morgan fingerprint density at radius 2 is 1.79 bits per heavy atom. The van der Waals surface area contributed by atoms with Crippen LogP contribution in [-0.2, 0) is 11.3 Å². The number of ether oxygens (including phenoxy) is 1. The summed E-state index contributed by atoms with van der Waals surface area (Å²) in [6.45, 7) is 14.4. The van der Waals surface area contributed by atoms with Gasteiger partial charge in [0.1, 0.15) is 11.4 Å². The molecule has 0 saturated carbocycles. The number of hydrogen-bond donors (Lipinski definition) is 3. The molecule has 1 heterocycles. The van der Waals surface area contributed by atoms with Crippen molar-refractivity contribution in [1.29, 1.82) is 0 Å². The zero-order valence-electron chi connectivity index (χ0n) is 18.4. The van der Waals surface area contributed by atoms with E-state index in [9.17, 15) is 4.79 Å². The molecule has 1 rings (SSSR count). The molecule has 0 atom stereocenters. The normalized spacial score (nSPS) is 12.2. The quantitative estimate of drug-likeness (QED) is 0.295. The van der Waals surface area contributed by atoms with E-state index in [1.807, 2.05) is 48.5 Å². The summed E-state index contributed by atoms with van der Waals surface area (Å²) in [7, 11) is 1.70. The van der Waals surface area contributed by atoms with Crippen LogP contribution in [0.2, 0.25) is 0 Å². The second-order valence-electron chi connectivity index (χ2n) is 7.64. The maximum atomic E-state index is 12.2. The number of guanidine groups is 1. The molecule has 0 aliphatic carbocycles. The Kier molecular flexibility index (Phi) is 10.9. The SMILES string of the molecule is CCC(CC)(CNC(=NC)NCc1nc(C)c(C)o1)NC(=O)OC(C)(C)C.I. The van der Waals surface area contributed by atoms with E-state index in [0.717, 1.165) is 24.3 Å². The summed E-state index contributed by atoms with van der Waals surface area (Å²) in [5.74, 6) is 2.03. The summed E-state index contributed by atoms with van der Waals surface area (Å²) in [5.41, 5.74) is -0.0858. The van der Waals surface area contributed by atoms with Gasteiger partial charge in [-0.05, 0) is 47.5 Å². The van der Waals surface area contributed by atoms with E-state index in [1.54, 1.807) is 7.05 Å². The Balaban J connectivity index is 0.00000729. The Hall–Kier alpha value is -1.52. The molecule has 0 fully saturated rings. The van der Waals surface area contributed by atoms with Gasteiger partial charge in [-0.25, -0.2) is 9.78 Å². The molecular weight excluding hydrogens is 473 g/mol. The average Bonchev–Trinajstić information content (AvgIpc) is 2.90. The average molecular weight is 509 g/mol. The molecule has 0 aromatic carbocycles. The van der Waals surface area contributed by atoms with Crippen LogP contribution in [0.1, 0.15) is 64.8 Å². The van der Waals surface area contributed by atoms with Crippen molar-refractivity contribution >= 4 is 36.0 Å². The molecule has 0 saturated heterocycles. The highest BCUT2D eigenvalue weighted by molar-refractivity contribution is 14.0.